The molecule has 0 saturated heterocycles. The molecule has 7 nitrogen and oxygen atoms in total. The molecule has 26 heavy (non-hydrogen) atoms. The summed E-state index contributed by atoms with van der Waals surface area (Å²) in [6.07, 6.45) is 0.920. The zero-order valence-corrected chi connectivity index (χ0v) is 18.1. The van der Waals surface area contributed by atoms with Crippen LogP contribution in [0, 0.1) is 5.92 Å². The summed E-state index contributed by atoms with van der Waals surface area (Å²) in [4.78, 5) is 15.0. The second kappa shape index (κ2) is 14.6. The van der Waals surface area contributed by atoms with Gasteiger partial charge in [-0.1, -0.05) is 26.0 Å². The first-order chi connectivity index (χ1) is 12.0. The maximum Gasteiger partial charge on any atom is 0.255 e. The van der Waals surface area contributed by atoms with Gasteiger partial charge in [-0.3, -0.25) is 9.79 Å². The Morgan fingerprint density at radius 2 is 2.08 bits per heavy atom. The molecule has 4 N–H and O–H groups in total. The van der Waals surface area contributed by atoms with E-state index in [2.05, 4.69) is 29.5 Å². The molecule has 0 aliphatic carbocycles. The van der Waals surface area contributed by atoms with Crippen LogP contribution in [-0.4, -0.2) is 45.3 Å². The molecule has 1 amide bonds. The van der Waals surface area contributed by atoms with Gasteiger partial charge in [0, 0.05) is 33.4 Å². The van der Waals surface area contributed by atoms with Gasteiger partial charge >= 0.3 is 0 Å². The Balaban J connectivity index is 0.00000625. The lowest BCUT2D eigenvalue weighted by Gasteiger charge is -2.13. The molecule has 0 bridgehead atoms. The van der Waals surface area contributed by atoms with Crippen LogP contribution in [0.5, 0.6) is 5.75 Å². The van der Waals surface area contributed by atoms with Crippen molar-refractivity contribution < 1.29 is 14.3 Å². The van der Waals surface area contributed by atoms with E-state index >= 15 is 0 Å². The fourth-order valence-electron chi connectivity index (χ4n) is 2.01. The summed E-state index contributed by atoms with van der Waals surface area (Å²) in [5.74, 6) is 1.41. The second-order valence-corrected chi connectivity index (χ2v) is 6.08. The van der Waals surface area contributed by atoms with Crippen LogP contribution >= 0.6 is 24.0 Å². The Morgan fingerprint density at radius 3 is 2.73 bits per heavy atom. The molecule has 1 aromatic carbocycles. The van der Waals surface area contributed by atoms with Gasteiger partial charge in [0.25, 0.3) is 5.91 Å². The van der Waals surface area contributed by atoms with Crippen molar-refractivity contribution in [3.63, 3.8) is 0 Å². The maximum atomic E-state index is 10.8. The van der Waals surface area contributed by atoms with E-state index in [0.29, 0.717) is 18.2 Å². The summed E-state index contributed by atoms with van der Waals surface area (Å²) in [5.41, 5.74) is 6.10. The van der Waals surface area contributed by atoms with Crippen molar-refractivity contribution in [3.8, 4) is 5.75 Å². The van der Waals surface area contributed by atoms with Crippen molar-refractivity contribution in [3.05, 3.63) is 29.8 Å². The van der Waals surface area contributed by atoms with E-state index in [9.17, 15) is 4.79 Å². The molecule has 1 rings (SSSR count). The van der Waals surface area contributed by atoms with E-state index in [1.807, 2.05) is 18.2 Å². The minimum atomic E-state index is -0.495. The van der Waals surface area contributed by atoms with Crippen LogP contribution in [0.3, 0.4) is 0 Å². The van der Waals surface area contributed by atoms with Crippen LogP contribution in [-0.2, 0) is 16.1 Å². The standard InChI is InChI=1S/C18H30N4O3.HI/c1-14(2)12-24-9-5-8-21-18(20-3)22-11-15-6-4-7-16(10-15)25-13-17(19)23;/h4,6-7,10,14H,5,8-9,11-13H2,1-3H3,(H2,19,23)(H2,20,21,22);1H. The molecule has 1 aromatic rings. The molecule has 0 atom stereocenters. The van der Waals surface area contributed by atoms with E-state index in [4.69, 9.17) is 15.2 Å². The van der Waals surface area contributed by atoms with Crippen LogP contribution in [0.4, 0.5) is 0 Å². The number of nitrogens with zero attached hydrogens (tertiary/aromatic N) is 1. The van der Waals surface area contributed by atoms with Gasteiger partial charge in [-0.2, -0.15) is 0 Å². The van der Waals surface area contributed by atoms with Gasteiger partial charge in [-0.15, -0.1) is 24.0 Å². The van der Waals surface area contributed by atoms with Crippen molar-refractivity contribution in [2.75, 3.05) is 33.4 Å². The van der Waals surface area contributed by atoms with Crippen LogP contribution in [0.15, 0.2) is 29.3 Å². The number of guanidine groups is 1. The second-order valence-electron chi connectivity index (χ2n) is 6.08. The van der Waals surface area contributed by atoms with Crippen LogP contribution < -0.4 is 21.1 Å². The number of halogens is 1. The predicted molar refractivity (Wildman–Crippen MR) is 115 cm³/mol. The van der Waals surface area contributed by atoms with Crippen molar-refractivity contribution in [2.24, 2.45) is 16.6 Å². The number of benzene rings is 1. The lowest BCUT2D eigenvalue weighted by molar-refractivity contribution is -0.119. The summed E-state index contributed by atoms with van der Waals surface area (Å²) in [5, 5.41) is 6.49. The van der Waals surface area contributed by atoms with E-state index in [1.54, 1.807) is 13.1 Å². The van der Waals surface area contributed by atoms with Gasteiger partial charge in [0.05, 0.1) is 0 Å². The average molecular weight is 478 g/mol. The average Bonchev–Trinajstić information content (AvgIpc) is 2.58. The number of hydrogen-bond acceptors (Lipinski definition) is 4. The quantitative estimate of drug-likeness (QED) is 0.195. The molecule has 0 saturated carbocycles. The summed E-state index contributed by atoms with van der Waals surface area (Å²) in [6.45, 7) is 7.06. The highest BCUT2D eigenvalue weighted by molar-refractivity contribution is 14.0. The van der Waals surface area contributed by atoms with Gasteiger partial charge in [0.1, 0.15) is 5.75 Å². The third-order valence-corrected chi connectivity index (χ3v) is 3.17. The van der Waals surface area contributed by atoms with Gasteiger partial charge in [0.2, 0.25) is 0 Å². The molecular formula is C18H31IN4O3. The molecule has 0 heterocycles. The fourth-order valence-corrected chi connectivity index (χ4v) is 2.01. The molecule has 0 aliphatic heterocycles. The summed E-state index contributed by atoms with van der Waals surface area (Å²) >= 11 is 0. The number of nitrogens with two attached hydrogens (primary N) is 1. The minimum Gasteiger partial charge on any atom is -0.484 e. The van der Waals surface area contributed by atoms with Gasteiger partial charge in [0.15, 0.2) is 12.6 Å². The van der Waals surface area contributed by atoms with E-state index in [-0.39, 0.29) is 30.6 Å². The highest BCUT2D eigenvalue weighted by Crippen LogP contribution is 2.12. The lowest BCUT2D eigenvalue weighted by atomic mass is 10.2. The molecule has 0 aliphatic rings. The molecule has 0 radical (unpaired) electrons. The van der Waals surface area contributed by atoms with Crippen molar-refractivity contribution in [1.82, 2.24) is 10.6 Å². The fraction of sp³-hybridized carbons (Fsp3) is 0.556. The number of primary amides is 1. The molecule has 148 valence electrons. The number of aliphatic imine (C=N–C) groups is 1. The molecular weight excluding hydrogens is 447 g/mol. The first-order valence-electron chi connectivity index (χ1n) is 8.53. The van der Waals surface area contributed by atoms with Gasteiger partial charge in [-0.05, 0) is 30.0 Å². The summed E-state index contributed by atoms with van der Waals surface area (Å²) in [6, 6.07) is 7.49. The Morgan fingerprint density at radius 1 is 1.31 bits per heavy atom. The van der Waals surface area contributed by atoms with Crippen molar-refractivity contribution in [1.29, 1.82) is 0 Å². The number of hydrogen-bond donors (Lipinski definition) is 3. The first-order valence-corrected chi connectivity index (χ1v) is 8.53. The molecule has 0 spiro atoms. The van der Waals surface area contributed by atoms with Gasteiger partial charge in [-0.25, -0.2) is 0 Å². The van der Waals surface area contributed by atoms with E-state index in [0.717, 1.165) is 37.7 Å². The number of carbonyl (C=O) groups excluding carboxylic acids is 1. The van der Waals surface area contributed by atoms with Crippen LogP contribution in [0.25, 0.3) is 0 Å². The first kappa shape index (κ1) is 24.5. The molecule has 0 aromatic heterocycles. The zero-order chi connectivity index (χ0) is 18.5. The van der Waals surface area contributed by atoms with E-state index < -0.39 is 5.91 Å². The Hall–Kier alpha value is -1.55. The number of carbonyl (C=O) groups is 1. The van der Waals surface area contributed by atoms with E-state index in [1.165, 1.54) is 0 Å². The highest BCUT2D eigenvalue weighted by atomic mass is 127. The number of rotatable bonds is 11. The summed E-state index contributed by atoms with van der Waals surface area (Å²) in [7, 11) is 1.73. The third kappa shape index (κ3) is 11.9. The largest absolute Gasteiger partial charge is 0.484 e. The zero-order valence-electron chi connectivity index (χ0n) is 15.8. The summed E-state index contributed by atoms with van der Waals surface area (Å²) < 4.78 is 10.8. The van der Waals surface area contributed by atoms with Crippen LogP contribution in [0.1, 0.15) is 25.8 Å². The normalized spacial score (nSPS) is 11.0. The van der Waals surface area contributed by atoms with Crippen molar-refractivity contribution >= 4 is 35.8 Å². The third-order valence-electron chi connectivity index (χ3n) is 3.17. The topological polar surface area (TPSA) is 98.0 Å². The number of amides is 1. The Kier molecular flexibility index (Phi) is 13.7. The predicted octanol–water partition coefficient (Wildman–Crippen LogP) is 1.90. The number of ether oxygens (including phenoxy) is 2. The molecule has 0 fully saturated rings. The minimum absolute atomic E-state index is 0. The maximum absolute atomic E-state index is 10.8. The van der Waals surface area contributed by atoms with Gasteiger partial charge < -0.3 is 25.8 Å². The molecule has 8 heteroatoms. The Labute approximate surface area is 173 Å². The Bertz CT molecular complexity index is 553. The van der Waals surface area contributed by atoms with Crippen molar-refractivity contribution in [2.45, 2.75) is 26.8 Å². The highest BCUT2D eigenvalue weighted by Gasteiger charge is 2.02. The SMILES string of the molecule is CN=C(NCCCOCC(C)C)NCc1cccc(OCC(N)=O)c1.I. The molecule has 0 unspecified atom stereocenters. The monoisotopic (exact) mass is 478 g/mol. The van der Waals surface area contributed by atoms with Crippen LogP contribution in [0.2, 0.25) is 0 Å². The number of nitrogens with one attached hydrogen (secondary N) is 2. The lowest BCUT2D eigenvalue weighted by Crippen LogP contribution is -2.37. The smallest absolute Gasteiger partial charge is 0.255 e.